The van der Waals surface area contributed by atoms with Gasteiger partial charge in [0.1, 0.15) is 0 Å². The van der Waals surface area contributed by atoms with E-state index in [1.54, 1.807) is 29.2 Å². The maximum atomic E-state index is 12.8. The Morgan fingerprint density at radius 2 is 1.96 bits per heavy atom. The maximum absolute atomic E-state index is 12.8. The molecular formula is C18H16F3NOS. The van der Waals surface area contributed by atoms with Crippen LogP contribution in [0.1, 0.15) is 34.5 Å². The van der Waals surface area contributed by atoms with Crippen molar-refractivity contribution in [2.24, 2.45) is 0 Å². The Labute approximate surface area is 142 Å². The topological polar surface area (TPSA) is 20.3 Å². The third-order valence-electron chi connectivity index (χ3n) is 4.11. The highest BCUT2D eigenvalue weighted by atomic mass is 32.1. The van der Waals surface area contributed by atoms with Crippen molar-refractivity contribution < 1.29 is 18.0 Å². The lowest BCUT2D eigenvalue weighted by Gasteiger charge is -2.35. The Hall–Kier alpha value is -2.08. The minimum atomic E-state index is -4.36. The molecule has 3 rings (SSSR count). The highest BCUT2D eigenvalue weighted by molar-refractivity contribution is 7.10. The Balaban J connectivity index is 2.02. The number of carbonyl (C=O) groups excluding carboxylic acids is 1. The van der Waals surface area contributed by atoms with Gasteiger partial charge in [-0.15, -0.1) is 11.3 Å². The normalized spacial score (nSPS) is 18.0. The van der Waals surface area contributed by atoms with Crippen molar-refractivity contribution in [3.8, 4) is 0 Å². The van der Waals surface area contributed by atoms with Crippen molar-refractivity contribution in [1.82, 2.24) is 4.90 Å². The van der Waals surface area contributed by atoms with Gasteiger partial charge in [-0.25, -0.2) is 0 Å². The average molecular weight is 351 g/mol. The number of alkyl halides is 3. The number of carbonyl (C=O) groups is 1. The summed E-state index contributed by atoms with van der Waals surface area (Å²) in [7, 11) is 0. The smallest absolute Gasteiger partial charge is 0.328 e. The molecule has 1 atom stereocenters. The van der Waals surface area contributed by atoms with Gasteiger partial charge in [0.15, 0.2) is 0 Å². The molecule has 0 saturated heterocycles. The zero-order valence-corrected chi connectivity index (χ0v) is 13.8. The van der Waals surface area contributed by atoms with Gasteiger partial charge in [-0.1, -0.05) is 18.2 Å². The SMILES string of the molecule is C/C=C/C(=O)N1CCc2sccc2C1c1ccc(C(F)(F)F)cc1. The lowest BCUT2D eigenvalue weighted by atomic mass is 9.92. The molecule has 1 amide bonds. The van der Waals surface area contributed by atoms with E-state index in [1.807, 2.05) is 11.4 Å². The number of fused-ring (bicyclic) bond motifs is 1. The molecule has 0 N–H and O–H groups in total. The molecule has 0 radical (unpaired) electrons. The molecule has 1 aromatic carbocycles. The maximum Gasteiger partial charge on any atom is 0.416 e. The summed E-state index contributed by atoms with van der Waals surface area (Å²) in [4.78, 5) is 15.3. The Bertz CT molecular complexity index is 761. The highest BCUT2D eigenvalue weighted by Gasteiger charge is 2.34. The number of hydrogen-bond acceptors (Lipinski definition) is 2. The quantitative estimate of drug-likeness (QED) is 0.711. The first kappa shape index (κ1) is 16.8. The minimum absolute atomic E-state index is 0.126. The number of thiophene rings is 1. The van der Waals surface area contributed by atoms with E-state index < -0.39 is 11.7 Å². The fraction of sp³-hybridized carbons (Fsp3) is 0.278. The predicted molar refractivity (Wildman–Crippen MR) is 87.8 cm³/mol. The molecule has 1 aromatic heterocycles. The summed E-state index contributed by atoms with van der Waals surface area (Å²) in [6.07, 6.45) is -0.420. The number of halogens is 3. The molecule has 24 heavy (non-hydrogen) atoms. The largest absolute Gasteiger partial charge is 0.416 e. The Morgan fingerprint density at radius 1 is 1.25 bits per heavy atom. The molecule has 6 heteroatoms. The molecule has 2 aromatic rings. The Morgan fingerprint density at radius 3 is 2.58 bits per heavy atom. The van der Waals surface area contributed by atoms with Crippen LogP contribution in [0.2, 0.25) is 0 Å². The fourth-order valence-electron chi connectivity index (χ4n) is 3.01. The minimum Gasteiger partial charge on any atom is -0.328 e. The Kier molecular flexibility index (Phi) is 4.49. The molecule has 0 saturated carbocycles. The molecular weight excluding hydrogens is 335 g/mol. The molecule has 0 spiro atoms. The van der Waals surface area contributed by atoms with Crippen LogP contribution in [0.5, 0.6) is 0 Å². The number of amides is 1. The monoisotopic (exact) mass is 351 g/mol. The fourth-order valence-corrected chi connectivity index (χ4v) is 3.91. The van der Waals surface area contributed by atoms with Gasteiger partial charge in [0.25, 0.3) is 0 Å². The second-order valence-electron chi connectivity index (χ2n) is 5.60. The van der Waals surface area contributed by atoms with Crippen LogP contribution in [0.4, 0.5) is 13.2 Å². The van der Waals surface area contributed by atoms with Crippen LogP contribution in [0, 0.1) is 0 Å². The van der Waals surface area contributed by atoms with Crippen LogP contribution in [0.15, 0.2) is 47.9 Å². The number of benzene rings is 1. The van der Waals surface area contributed by atoms with E-state index in [2.05, 4.69) is 0 Å². The second kappa shape index (κ2) is 6.43. The lowest BCUT2D eigenvalue weighted by molar-refractivity contribution is -0.137. The van der Waals surface area contributed by atoms with Crippen molar-refractivity contribution in [3.63, 3.8) is 0 Å². The van der Waals surface area contributed by atoms with Gasteiger partial charge < -0.3 is 4.90 Å². The van der Waals surface area contributed by atoms with Gasteiger partial charge in [0, 0.05) is 11.4 Å². The average Bonchev–Trinajstić information content (AvgIpc) is 3.02. The van der Waals surface area contributed by atoms with Crippen molar-refractivity contribution in [1.29, 1.82) is 0 Å². The molecule has 1 aliphatic rings. The summed E-state index contributed by atoms with van der Waals surface area (Å²) in [5.41, 5.74) is 1.02. The summed E-state index contributed by atoms with van der Waals surface area (Å²) in [6, 6.07) is 6.71. The standard InChI is InChI=1S/C18H16F3NOS/c1-2-3-16(23)22-10-8-15-14(9-11-24-15)17(22)12-4-6-13(7-5-12)18(19,20)21/h2-7,9,11,17H,8,10H2,1H3/b3-2+. The summed E-state index contributed by atoms with van der Waals surface area (Å²) < 4.78 is 38.4. The van der Waals surface area contributed by atoms with Crippen LogP contribution in [0.3, 0.4) is 0 Å². The zero-order valence-electron chi connectivity index (χ0n) is 13.0. The second-order valence-corrected chi connectivity index (χ2v) is 6.60. The zero-order chi connectivity index (χ0) is 17.3. The molecule has 0 fully saturated rings. The molecule has 0 bridgehead atoms. The third-order valence-corrected chi connectivity index (χ3v) is 5.11. The molecule has 2 nitrogen and oxygen atoms in total. The molecule has 126 valence electrons. The third kappa shape index (κ3) is 3.11. The van der Waals surface area contributed by atoms with Crippen LogP contribution < -0.4 is 0 Å². The van der Waals surface area contributed by atoms with E-state index in [0.29, 0.717) is 12.1 Å². The molecule has 2 heterocycles. The van der Waals surface area contributed by atoms with Crippen LogP contribution in [-0.2, 0) is 17.4 Å². The number of nitrogens with zero attached hydrogens (tertiary/aromatic N) is 1. The first-order valence-corrected chi connectivity index (χ1v) is 8.46. The van der Waals surface area contributed by atoms with E-state index in [1.165, 1.54) is 23.1 Å². The van der Waals surface area contributed by atoms with Crippen molar-refractivity contribution in [3.05, 3.63) is 69.4 Å². The van der Waals surface area contributed by atoms with Gasteiger partial charge in [-0.05, 0) is 54.1 Å². The van der Waals surface area contributed by atoms with Crippen molar-refractivity contribution in [2.75, 3.05) is 6.54 Å². The summed E-state index contributed by atoms with van der Waals surface area (Å²) in [6.45, 7) is 2.33. The van der Waals surface area contributed by atoms with Gasteiger partial charge in [-0.2, -0.15) is 13.2 Å². The molecule has 1 unspecified atom stereocenters. The van der Waals surface area contributed by atoms with Crippen molar-refractivity contribution in [2.45, 2.75) is 25.6 Å². The summed E-state index contributed by atoms with van der Waals surface area (Å²) >= 11 is 1.62. The van der Waals surface area contributed by atoms with E-state index in [9.17, 15) is 18.0 Å². The predicted octanol–water partition coefficient (Wildman–Crippen LogP) is 4.82. The molecule has 0 aliphatic carbocycles. The summed E-state index contributed by atoms with van der Waals surface area (Å²) in [5, 5.41) is 1.96. The number of rotatable bonds is 2. The highest BCUT2D eigenvalue weighted by Crippen LogP contribution is 2.39. The first-order valence-electron chi connectivity index (χ1n) is 7.58. The number of allylic oxidation sites excluding steroid dienone is 1. The van der Waals surface area contributed by atoms with Crippen LogP contribution >= 0.6 is 11.3 Å². The van der Waals surface area contributed by atoms with E-state index in [4.69, 9.17) is 0 Å². The van der Waals surface area contributed by atoms with Crippen molar-refractivity contribution >= 4 is 17.2 Å². The first-order chi connectivity index (χ1) is 11.4. The van der Waals surface area contributed by atoms with Gasteiger partial charge in [-0.3, -0.25) is 4.79 Å². The number of hydrogen-bond donors (Lipinski definition) is 0. The van der Waals surface area contributed by atoms with Gasteiger partial charge in [0.05, 0.1) is 11.6 Å². The van der Waals surface area contributed by atoms with Gasteiger partial charge >= 0.3 is 6.18 Å². The van der Waals surface area contributed by atoms with E-state index in [-0.39, 0.29) is 11.9 Å². The van der Waals surface area contributed by atoms with E-state index in [0.717, 1.165) is 24.1 Å². The lowest BCUT2D eigenvalue weighted by Crippen LogP contribution is -2.39. The van der Waals surface area contributed by atoms with E-state index >= 15 is 0 Å². The van der Waals surface area contributed by atoms with Crippen LogP contribution in [-0.4, -0.2) is 17.4 Å². The molecule has 1 aliphatic heterocycles. The van der Waals surface area contributed by atoms with Crippen LogP contribution in [0.25, 0.3) is 0 Å². The summed E-state index contributed by atoms with van der Waals surface area (Å²) in [5.74, 6) is -0.126. The van der Waals surface area contributed by atoms with Gasteiger partial charge in [0.2, 0.25) is 5.91 Å².